The zero-order valence-corrected chi connectivity index (χ0v) is 10.9. The monoisotopic (exact) mass is 277 g/mol. The van der Waals surface area contributed by atoms with Crippen LogP contribution in [0.4, 0.5) is 11.7 Å². The molecule has 3 rings (SSSR count). The second-order valence-electron chi connectivity index (χ2n) is 4.78. The van der Waals surface area contributed by atoms with Gasteiger partial charge in [-0.1, -0.05) is 0 Å². The van der Waals surface area contributed by atoms with E-state index < -0.39 is 4.92 Å². The molecule has 20 heavy (non-hydrogen) atoms. The van der Waals surface area contributed by atoms with Gasteiger partial charge in [0.25, 0.3) is 11.7 Å². The zero-order valence-electron chi connectivity index (χ0n) is 10.9. The largest absolute Gasteiger partial charge is 0.424 e. The van der Waals surface area contributed by atoms with E-state index in [0.29, 0.717) is 29.8 Å². The van der Waals surface area contributed by atoms with E-state index in [1.165, 1.54) is 12.1 Å². The van der Waals surface area contributed by atoms with Gasteiger partial charge in [0, 0.05) is 25.3 Å². The number of nitro benzene ring substituents is 1. The van der Waals surface area contributed by atoms with Crippen LogP contribution in [0.2, 0.25) is 0 Å². The molecule has 7 nitrogen and oxygen atoms in total. The molecule has 0 amide bonds. The number of anilines is 1. The van der Waals surface area contributed by atoms with Crippen molar-refractivity contribution < 1.29 is 14.1 Å². The van der Waals surface area contributed by atoms with Gasteiger partial charge >= 0.3 is 0 Å². The average Bonchev–Trinajstić information content (AvgIpc) is 3.06. The van der Waals surface area contributed by atoms with E-state index in [1.807, 2.05) is 0 Å². The number of fused-ring (bicyclic) bond motifs is 1. The number of nitrogens with zero attached hydrogens (tertiary/aromatic N) is 2. The lowest BCUT2D eigenvalue weighted by Gasteiger charge is -2.08. The first-order valence-electron chi connectivity index (χ1n) is 6.63. The second kappa shape index (κ2) is 5.46. The van der Waals surface area contributed by atoms with E-state index in [4.69, 9.17) is 9.15 Å². The molecule has 1 atom stereocenters. The minimum atomic E-state index is -0.446. The Bertz CT molecular complexity index is 619. The summed E-state index contributed by atoms with van der Waals surface area (Å²) in [5, 5.41) is 13.8. The first kappa shape index (κ1) is 12.9. The highest BCUT2D eigenvalue weighted by molar-refractivity contribution is 5.77. The van der Waals surface area contributed by atoms with Crippen molar-refractivity contribution in [1.29, 1.82) is 0 Å². The second-order valence-corrected chi connectivity index (χ2v) is 4.78. The molecule has 1 aliphatic heterocycles. The molecule has 106 valence electrons. The van der Waals surface area contributed by atoms with E-state index in [0.717, 1.165) is 25.9 Å². The van der Waals surface area contributed by atoms with Gasteiger partial charge in [-0.25, -0.2) is 0 Å². The van der Waals surface area contributed by atoms with Crippen molar-refractivity contribution in [2.75, 3.05) is 18.5 Å². The van der Waals surface area contributed by atoms with Gasteiger partial charge in [0.1, 0.15) is 5.52 Å². The number of ether oxygens (including phenoxy) is 1. The maximum Gasteiger partial charge on any atom is 0.295 e. The van der Waals surface area contributed by atoms with Crippen molar-refractivity contribution in [3.05, 3.63) is 28.3 Å². The topological polar surface area (TPSA) is 90.4 Å². The Labute approximate surface area is 115 Å². The molecule has 2 aromatic rings. The van der Waals surface area contributed by atoms with Crippen LogP contribution < -0.4 is 5.32 Å². The molecule has 1 aromatic carbocycles. The Hall–Kier alpha value is -2.15. The van der Waals surface area contributed by atoms with Crippen LogP contribution in [0.25, 0.3) is 11.1 Å². The van der Waals surface area contributed by atoms with Crippen LogP contribution in [0.1, 0.15) is 19.3 Å². The van der Waals surface area contributed by atoms with E-state index in [2.05, 4.69) is 10.3 Å². The predicted octanol–water partition coefficient (Wildman–Crippen LogP) is 2.72. The molecule has 0 aliphatic carbocycles. The molecule has 1 aromatic heterocycles. The van der Waals surface area contributed by atoms with Crippen molar-refractivity contribution in [1.82, 2.24) is 4.98 Å². The summed E-state index contributed by atoms with van der Waals surface area (Å²) >= 11 is 0. The van der Waals surface area contributed by atoms with Crippen LogP contribution in [-0.4, -0.2) is 29.2 Å². The van der Waals surface area contributed by atoms with Gasteiger partial charge < -0.3 is 14.5 Å². The lowest BCUT2D eigenvalue weighted by Crippen LogP contribution is -2.12. The Kier molecular flexibility index (Phi) is 3.51. The molecule has 2 heterocycles. The molecule has 1 unspecified atom stereocenters. The first-order chi connectivity index (χ1) is 9.72. The van der Waals surface area contributed by atoms with Crippen LogP contribution in [0.3, 0.4) is 0 Å². The van der Waals surface area contributed by atoms with E-state index in [1.54, 1.807) is 6.07 Å². The van der Waals surface area contributed by atoms with Crippen LogP contribution in [0.5, 0.6) is 0 Å². The molecule has 0 bridgehead atoms. The number of oxazole rings is 1. The molecule has 1 N–H and O–H groups in total. The van der Waals surface area contributed by atoms with Gasteiger partial charge in [0.2, 0.25) is 0 Å². The summed E-state index contributed by atoms with van der Waals surface area (Å²) in [4.78, 5) is 14.4. The number of nitro groups is 1. The van der Waals surface area contributed by atoms with Crippen LogP contribution >= 0.6 is 0 Å². The third-order valence-corrected chi connectivity index (χ3v) is 3.35. The van der Waals surface area contributed by atoms with E-state index in [9.17, 15) is 10.1 Å². The minimum absolute atomic E-state index is 0.0108. The van der Waals surface area contributed by atoms with Gasteiger partial charge in [-0.3, -0.25) is 10.1 Å². The fourth-order valence-electron chi connectivity index (χ4n) is 2.32. The quantitative estimate of drug-likeness (QED) is 0.667. The molecule has 0 spiro atoms. The maximum atomic E-state index is 10.7. The van der Waals surface area contributed by atoms with Crippen molar-refractivity contribution in [3.63, 3.8) is 0 Å². The van der Waals surface area contributed by atoms with Crippen molar-refractivity contribution in [2.45, 2.75) is 25.4 Å². The van der Waals surface area contributed by atoms with Crippen molar-refractivity contribution >= 4 is 22.8 Å². The molecule has 1 saturated heterocycles. The summed E-state index contributed by atoms with van der Waals surface area (Å²) in [6.07, 6.45) is 3.44. The standard InChI is InChI=1S/C13H15N3O4/c17-16(18)9-3-4-12-11(8-9)15-13(20-12)14-6-5-10-2-1-7-19-10/h3-4,8,10H,1-2,5-7H2,(H,14,15). The number of benzene rings is 1. The highest BCUT2D eigenvalue weighted by atomic mass is 16.6. The number of rotatable bonds is 5. The lowest BCUT2D eigenvalue weighted by atomic mass is 10.2. The summed E-state index contributed by atoms with van der Waals surface area (Å²) in [5.41, 5.74) is 1.03. The number of hydrogen-bond donors (Lipinski definition) is 1. The molecule has 0 radical (unpaired) electrons. The highest BCUT2D eigenvalue weighted by Gasteiger charge is 2.15. The van der Waals surface area contributed by atoms with Crippen molar-refractivity contribution in [2.24, 2.45) is 0 Å². The smallest absolute Gasteiger partial charge is 0.295 e. The Morgan fingerprint density at radius 2 is 2.40 bits per heavy atom. The zero-order chi connectivity index (χ0) is 13.9. The van der Waals surface area contributed by atoms with Crippen LogP contribution in [-0.2, 0) is 4.74 Å². The molecule has 7 heteroatoms. The Balaban J connectivity index is 1.64. The van der Waals surface area contributed by atoms with Gasteiger partial charge in [-0.15, -0.1) is 0 Å². The van der Waals surface area contributed by atoms with Gasteiger partial charge in [-0.05, 0) is 25.3 Å². The molecular formula is C13H15N3O4. The normalized spacial score (nSPS) is 18.5. The summed E-state index contributed by atoms with van der Waals surface area (Å²) in [5.74, 6) is 0. The number of hydrogen-bond acceptors (Lipinski definition) is 6. The highest BCUT2D eigenvalue weighted by Crippen LogP contribution is 2.23. The van der Waals surface area contributed by atoms with Crippen LogP contribution in [0, 0.1) is 10.1 Å². The summed E-state index contributed by atoms with van der Waals surface area (Å²) < 4.78 is 11.0. The van der Waals surface area contributed by atoms with E-state index >= 15 is 0 Å². The fourth-order valence-corrected chi connectivity index (χ4v) is 2.32. The van der Waals surface area contributed by atoms with Crippen molar-refractivity contribution in [3.8, 4) is 0 Å². The Morgan fingerprint density at radius 1 is 1.50 bits per heavy atom. The van der Waals surface area contributed by atoms with Gasteiger partial charge in [-0.2, -0.15) is 4.98 Å². The lowest BCUT2D eigenvalue weighted by molar-refractivity contribution is -0.384. The molecule has 1 aliphatic rings. The summed E-state index contributed by atoms with van der Waals surface area (Å²) in [6.45, 7) is 1.55. The van der Waals surface area contributed by atoms with Gasteiger partial charge in [0.15, 0.2) is 5.58 Å². The average molecular weight is 277 g/mol. The molecule has 0 saturated carbocycles. The third kappa shape index (κ3) is 2.72. The maximum absolute atomic E-state index is 10.7. The summed E-state index contributed by atoms with van der Waals surface area (Å²) in [7, 11) is 0. The first-order valence-corrected chi connectivity index (χ1v) is 6.63. The Morgan fingerprint density at radius 3 is 3.15 bits per heavy atom. The molecular weight excluding hydrogens is 262 g/mol. The number of non-ortho nitro benzene ring substituents is 1. The summed E-state index contributed by atoms with van der Waals surface area (Å²) in [6, 6.07) is 4.76. The van der Waals surface area contributed by atoms with E-state index in [-0.39, 0.29) is 5.69 Å². The SMILES string of the molecule is O=[N+]([O-])c1ccc2oc(NCCC3CCCO3)nc2c1. The number of aromatic nitrogens is 1. The minimum Gasteiger partial charge on any atom is -0.424 e. The predicted molar refractivity (Wildman–Crippen MR) is 72.7 cm³/mol. The van der Waals surface area contributed by atoms with Crippen LogP contribution in [0.15, 0.2) is 22.6 Å². The molecule has 1 fully saturated rings. The number of nitrogens with one attached hydrogen (secondary N) is 1. The fraction of sp³-hybridized carbons (Fsp3) is 0.462. The third-order valence-electron chi connectivity index (χ3n) is 3.35. The van der Waals surface area contributed by atoms with Gasteiger partial charge in [0.05, 0.1) is 11.0 Å².